The fourth-order valence-electron chi connectivity index (χ4n) is 5.20. The van der Waals surface area contributed by atoms with E-state index >= 15 is 0 Å². The molecule has 1 aliphatic heterocycles. The third kappa shape index (κ3) is 8.96. The minimum Gasteiger partial charge on any atom is -0.392 e. The van der Waals surface area contributed by atoms with Crippen molar-refractivity contribution >= 4 is 23.4 Å². The molecule has 2 fully saturated rings. The number of piperazine rings is 1. The molecule has 0 spiro atoms. The van der Waals surface area contributed by atoms with E-state index in [4.69, 9.17) is 5.10 Å². The van der Waals surface area contributed by atoms with Crippen LogP contribution in [0, 0.1) is 12.8 Å². The second kappa shape index (κ2) is 16.0. The van der Waals surface area contributed by atoms with Gasteiger partial charge in [0.25, 0.3) is 5.91 Å². The highest BCUT2D eigenvalue weighted by atomic mass is 16.1. The molecule has 0 radical (unpaired) electrons. The van der Waals surface area contributed by atoms with Crippen LogP contribution < -0.4 is 15.5 Å². The summed E-state index contributed by atoms with van der Waals surface area (Å²) in [4.78, 5) is 18.4. The Hall–Kier alpha value is -4.06. The number of hydrogen-bond acceptors (Lipinski definition) is 6. The van der Waals surface area contributed by atoms with Gasteiger partial charge in [-0.25, -0.2) is 0 Å². The zero-order chi connectivity index (χ0) is 31.5. The molecular weight excluding hydrogens is 532 g/mol. The number of nitrogens with zero attached hydrogens (tertiary/aromatic N) is 4. The number of hydrazone groups is 1. The van der Waals surface area contributed by atoms with Crippen LogP contribution in [0.15, 0.2) is 89.5 Å². The number of anilines is 1. The molecule has 1 saturated carbocycles. The first kappa shape index (κ1) is 33.4. The van der Waals surface area contributed by atoms with E-state index < -0.39 is 0 Å². The first-order valence-electron chi connectivity index (χ1n) is 15.3. The molecule has 0 atom stereocenters. The molecule has 7 heteroatoms. The van der Waals surface area contributed by atoms with Crippen molar-refractivity contribution in [3.05, 3.63) is 101 Å². The average molecular weight is 583 g/mol. The summed E-state index contributed by atoms with van der Waals surface area (Å²) in [7, 11) is 4.02. The van der Waals surface area contributed by atoms with Crippen LogP contribution >= 0.6 is 0 Å². The van der Waals surface area contributed by atoms with Crippen molar-refractivity contribution in [2.45, 2.75) is 40.5 Å². The van der Waals surface area contributed by atoms with Gasteiger partial charge in [0, 0.05) is 74.8 Å². The van der Waals surface area contributed by atoms with Crippen LogP contribution in [0.5, 0.6) is 0 Å². The molecule has 1 heterocycles. The number of nitrogens with one attached hydrogen (secondary N) is 2. The number of carbonyl (C=O) groups excluding carboxylic acids is 1. The Labute approximate surface area is 259 Å². The SMILES string of the molecule is C=C=C(C1CC1)N(CC)c1cc(C(/C=N\N2CCN(C)CC2)=C/C=C)cc(C(=O)NC/C(C=C)=C(C)/C=C(/C)NC)c1C. The van der Waals surface area contributed by atoms with Crippen LogP contribution in [-0.2, 0) is 0 Å². The van der Waals surface area contributed by atoms with E-state index in [0.717, 1.165) is 90.5 Å². The second-order valence-electron chi connectivity index (χ2n) is 11.3. The smallest absolute Gasteiger partial charge is 0.251 e. The number of carbonyl (C=O) groups is 1. The van der Waals surface area contributed by atoms with Crippen molar-refractivity contribution < 1.29 is 4.79 Å². The molecule has 2 N–H and O–H groups in total. The fourth-order valence-corrected chi connectivity index (χ4v) is 5.20. The second-order valence-corrected chi connectivity index (χ2v) is 11.3. The summed E-state index contributed by atoms with van der Waals surface area (Å²) in [5, 5.41) is 13.2. The van der Waals surface area contributed by atoms with Crippen LogP contribution in [0.25, 0.3) is 5.57 Å². The topological polar surface area (TPSA) is 63.2 Å². The van der Waals surface area contributed by atoms with Gasteiger partial charge < -0.3 is 20.4 Å². The zero-order valence-electron chi connectivity index (χ0n) is 27.1. The first-order chi connectivity index (χ1) is 20.7. The van der Waals surface area contributed by atoms with Crippen LogP contribution in [0.1, 0.15) is 55.1 Å². The van der Waals surface area contributed by atoms with Gasteiger partial charge in [-0.2, -0.15) is 5.10 Å². The molecule has 2 aliphatic rings. The zero-order valence-corrected chi connectivity index (χ0v) is 27.1. The van der Waals surface area contributed by atoms with Gasteiger partial charge in [0.1, 0.15) is 0 Å². The maximum absolute atomic E-state index is 13.9. The summed E-state index contributed by atoms with van der Waals surface area (Å²) < 4.78 is 0. The lowest BCUT2D eigenvalue weighted by atomic mass is 9.96. The van der Waals surface area contributed by atoms with Crippen molar-refractivity contribution in [3.63, 3.8) is 0 Å². The molecule has 1 amide bonds. The van der Waals surface area contributed by atoms with Gasteiger partial charge in [0.15, 0.2) is 0 Å². The van der Waals surface area contributed by atoms with Crippen LogP contribution in [0.4, 0.5) is 5.69 Å². The lowest BCUT2D eigenvalue weighted by molar-refractivity contribution is 0.0956. The highest BCUT2D eigenvalue weighted by Crippen LogP contribution is 2.41. The Bertz CT molecular complexity index is 1360. The third-order valence-electron chi connectivity index (χ3n) is 8.16. The predicted molar refractivity (Wildman–Crippen MR) is 183 cm³/mol. The molecule has 3 rings (SSSR count). The Balaban J connectivity index is 2.06. The Kier molecular flexibility index (Phi) is 12.4. The van der Waals surface area contributed by atoms with E-state index in [-0.39, 0.29) is 5.91 Å². The fraction of sp³-hybridized carbons (Fsp3) is 0.417. The Morgan fingerprint density at radius 2 is 1.88 bits per heavy atom. The highest BCUT2D eigenvalue weighted by Gasteiger charge is 2.31. The predicted octanol–water partition coefficient (Wildman–Crippen LogP) is 6.06. The minimum absolute atomic E-state index is 0.136. The lowest BCUT2D eigenvalue weighted by Gasteiger charge is -2.30. The standard InChI is InChI=1S/C36H50N6O/c1-10-14-31(25-39-41-19-17-40(9)18-20-41)32-22-33(36(43)38-24-29(11-2)26(5)21-27(6)37-8)28(7)35(23-32)42(13-4)34(12-3)30-15-16-30/h10-11,14,21-23,25,30,37H,1-3,13,15-20,24H2,4-9H3,(H,38,43)/b27-21-,29-26+,31-14+,39-25-. The molecule has 230 valence electrons. The minimum atomic E-state index is -0.136. The Morgan fingerprint density at radius 1 is 1.19 bits per heavy atom. The molecule has 1 saturated heterocycles. The number of hydrogen-bond donors (Lipinski definition) is 2. The highest BCUT2D eigenvalue weighted by molar-refractivity contribution is 6.11. The number of rotatable bonds is 14. The summed E-state index contributed by atoms with van der Waals surface area (Å²) in [6.45, 7) is 25.0. The summed E-state index contributed by atoms with van der Waals surface area (Å²) in [6, 6.07) is 4.13. The van der Waals surface area contributed by atoms with Gasteiger partial charge >= 0.3 is 0 Å². The summed E-state index contributed by atoms with van der Waals surface area (Å²) in [6.07, 6.45) is 11.7. The molecule has 1 aliphatic carbocycles. The van der Waals surface area contributed by atoms with E-state index in [0.29, 0.717) is 18.0 Å². The molecule has 43 heavy (non-hydrogen) atoms. The summed E-state index contributed by atoms with van der Waals surface area (Å²) >= 11 is 0. The average Bonchev–Trinajstić information content (AvgIpc) is 3.84. The van der Waals surface area contributed by atoms with Gasteiger partial charge in [0.05, 0.1) is 11.9 Å². The quantitative estimate of drug-likeness (QED) is 0.159. The van der Waals surface area contributed by atoms with Gasteiger partial charge in [-0.3, -0.25) is 9.80 Å². The molecule has 0 aromatic heterocycles. The van der Waals surface area contributed by atoms with Gasteiger partial charge in [-0.1, -0.05) is 38.0 Å². The van der Waals surface area contributed by atoms with Crippen molar-refractivity contribution in [2.24, 2.45) is 11.0 Å². The van der Waals surface area contributed by atoms with E-state index in [1.807, 2.05) is 46.2 Å². The maximum atomic E-state index is 13.9. The van der Waals surface area contributed by atoms with E-state index in [1.54, 1.807) is 12.2 Å². The van der Waals surface area contributed by atoms with E-state index in [1.165, 1.54) is 0 Å². The molecule has 7 nitrogen and oxygen atoms in total. The molecular formula is C36H50N6O. The van der Waals surface area contributed by atoms with E-state index in [2.05, 4.69) is 77.0 Å². The Morgan fingerprint density at radius 3 is 2.44 bits per heavy atom. The number of likely N-dealkylation sites (N-methyl/N-ethyl adjacent to an activating group) is 1. The van der Waals surface area contributed by atoms with Crippen molar-refractivity contribution in [2.75, 3.05) is 58.3 Å². The van der Waals surface area contributed by atoms with E-state index in [9.17, 15) is 4.79 Å². The number of allylic oxidation sites excluding steroid dienone is 7. The largest absolute Gasteiger partial charge is 0.392 e. The van der Waals surface area contributed by atoms with Crippen LogP contribution in [0.3, 0.4) is 0 Å². The van der Waals surface area contributed by atoms with Crippen molar-refractivity contribution in [3.8, 4) is 0 Å². The normalized spacial score (nSPS) is 16.8. The molecule has 1 aromatic rings. The number of amides is 1. The van der Waals surface area contributed by atoms with Gasteiger partial charge in [0.2, 0.25) is 0 Å². The molecule has 0 bridgehead atoms. The number of benzene rings is 1. The maximum Gasteiger partial charge on any atom is 0.251 e. The van der Waals surface area contributed by atoms with Crippen LogP contribution in [-0.4, -0.2) is 75.4 Å². The lowest BCUT2D eigenvalue weighted by Crippen LogP contribution is -2.41. The van der Waals surface area contributed by atoms with Gasteiger partial charge in [-0.15, -0.1) is 5.73 Å². The summed E-state index contributed by atoms with van der Waals surface area (Å²) in [5.74, 6) is 0.319. The molecule has 0 unspecified atom stereocenters. The van der Waals surface area contributed by atoms with Crippen molar-refractivity contribution in [1.82, 2.24) is 20.5 Å². The van der Waals surface area contributed by atoms with Crippen molar-refractivity contribution in [1.29, 1.82) is 0 Å². The van der Waals surface area contributed by atoms with Crippen LogP contribution in [0.2, 0.25) is 0 Å². The third-order valence-corrected chi connectivity index (χ3v) is 8.16. The monoisotopic (exact) mass is 582 g/mol. The van der Waals surface area contributed by atoms with Gasteiger partial charge in [-0.05, 0) is 88.1 Å². The summed E-state index contributed by atoms with van der Waals surface area (Å²) in [5.41, 5.74) is 11.7. The molecule has 1 aromatic carbocycles. The first-order valence-corrected chi connectivity index (χ1v) is 15.3.